The fourth-order valence-electron chi connectivity index (χ4n) is 1.71. The molecule has 1 aliphatic heterocycles. The number of aryl methyl sites for hydroxylation is 1. The lowest BCUT2D eigenvalue weighted by Crippen LogP contribution is -2.53. The summed E-state index contributed by atoms with van der Waals surface area (Å²) >= 11 is 5.96. The second kappa shape index (κ2) is 3.71. The molecule has 0 radical (unpaired) electrons. The van der Waals surface area contributed by atoms with Crippen LogP contribution in [0.5, 0.6) is 0 Å². The smallest absolute Gasteiger partial charge is 0.318 e. The van der Waals surface area contributed by atoms with E-state index >= 15 is 0 Å². The molecule has 1 heterocycles. The maximum Gasteiger partial charge on any atom is 0.318 e. The normalized spacial score (nSPS) is 17.9. The van der Waals surface area contributed by atoms with Gasteiger partial charge in [0.2, 0.25) is 0 Å². The number of rotatable bonds is 2. The van der Waals surface area contributed by atoms with Gasteiger partial charge in [0.25, 0.3) is 0 Å². The number of aliphatic carboxylic acids is 1. The molecule has 1 aromatic carbocycles. The van der Waals surface area contributed by atoms with Gasteiger partial charge in [0.1, 0.15) is 11.2 Å². The van der Waals surface area contributed by atoms with Crippen LogP contribution in [0.4, 0.5) is 4.39 Å². The number of ether oxygens (including phenoxy) is 1. The van der Waals surface area contributed by atoms with Gasteiger partial charge in [0.15, 0.2) is 0 Å². The number of carbonyl (C=O) groups is 1. The van der Waals surface area contributed by atoms with Crippen LogP contribution in [-0.2, 0) is 14.9 Å². The van der Waals surface area contributed by atoms with E-state index in [1.807, 2.05) is 0 Å². The summed E-state index contributed by atoms with van der Waals surface area (Å²) in [6.07, 6.45) is 0. The summed E-state index contributed by atoms with van der Waals surface area (Å²) in [5.41, 5.74) is -0.503. The topological polar surface area (TPSA) is 46.5 Å². The van der Waals surface area contributed by atoms with Crippen molar-refractivity contribution in [2.24, 2.45) is 0 Å². The standard InChI is InChI=1S/C11H10ClFO3/c1-6-2-8(12)7(3-9(6)13)11(10(14)15)4-16-5-11/h2-3H,4-5H2,1H3,(H,14,15). The molecule has 0 aromatic heterocycles. The molecule has 3 nitrogen and oxygen atoms in total. The molecule has 2 rings (SSSR count). The largest absolute Gasteiger partial charge is 0.480 e. The van der Waals surface area contributed by atoms with Gasteiger partial charge in [-0.1, -0.05) is 11.6 Å². The first-order valence-corrected chi connectivity index (χ1v) is 5.12. The van der Waals surface area contributed by atoms with Gasteiger partial charge < -0.3 is 9.84 Å². The molecule has 1 fully saturated rings. The second-order valence-electron chi connectivity index (χ2n) is 3.96. The summed E-state index contributed by atoms with van der Waals surface area (Å²) < 4.78 is 18.3. The van der Waals surface area contributed by atoms with Crippen molar-refractivity contribution < 1.29 is 19.0 Å². The lowest BCUT2D eigenvalue weighted by molar-refractivity contribution is -0.163. The van der Waals surface area contributed by atoms with E-state index in [2.05, 4.69) is 0 Å². The monoisotopic (exact) mass is 244 g/mol. The first kappa shape index (κ1) is 11.4. The predicted octanol–water partition coefficient (Wildman–Crippen LogP) is 2.14. The molecular weight excluding hydrogens is 235 g/mol. The molecule has 5 heteroatoms. The van der Waals surface area contributed by atoms with E-state index in [0.717, 1.165) is 0 Å². The van der Waals surface area contributed by atoms with Gasteiger partial charge in [0.05, 0.1) is 13.2 Å². The zero-order valence-corrected chi connectivity index (χ0v) is 9.34. The summed E-state index contributed by atoms with van der Waals surface area (Å²) in [5.74, 6) is -1.49. The summed E-state index contributed by atoms with van der Waals surface area (Å²) in [4.78, 5) is 11.2. The van der Waals surface area contributed by atoms with Crippen molar-refractivity contribution in [1.29, 1.82) is 0 Å². The van der Waals surface area contributed by atoms with Crippen molar-refractivity contribution >= 4 is 17.6 Å². The molecule has 1 N–H and O–H groups in total. The summed E-state index contributed by atoms with van der Waals surface area (Å²) in [6.45, 7) is 1.64. The van der Waals surface area contributed by atoms with Crippen molar-refractivity contribution in [3.63, 3.8) is 0 Å². The maximum atomic E-state index is 13.4. The summed E-state index contributed by atoms with van der Waals surface area (Å²) in [7, 11) is 0. The third-order valence-corrected chi connectivity index (χ3v) is 3.18. The molecule has 0 atom stereocenters. The van der Waals surface area contributed by atoms with Gasteiger partial charge in [0, 0.05) is 5.02 Å². The highest BCUT2D eigenvalue weighted by Crippen LogP contribution is 2.38. The number of carboxylic acids is 1. The molecule has 1 aromatic rings. The van der Waals surface area contributed by atoms with Crippen molar-refractivity contribution in [2.75, 3.05) is 13.2 Å². The van der Waals surface area contributed by atoms with E-state index in [-0.39, 0.29) is 23.8 Å². The second-order valence-corrected chi connectivity index (χ2v) is 4.37. The number of halogens is 2. The van der Waals surface area contributed by atoms with Crippen LogP contribution in [0, 0.1) is 12.7 Å². The molecule has 16 heavy (non-hydrogen) atoms. The molecule has 0 spiro atoms. The van der Waals surface area contributed by atoms with Crippen molar-refractivity contribution in [1.82, 2.24) is 0 Å². The third-order valence-electron chi connectivity index (χ3n) is 2.87. The van der Waals surface area contributed by atoms with E-state index in [1.54, 1.807) is 6.92 Å². The Hall–Kier alpha value is -1.13. The Morgan fingerprint density at radius 1 is 1.56 bits per heavy atom. The highest BCUT2D eigenvalue weighted by atomic mass is 35.5. The van der Waals surface area contributed by atoms with E-state index in [9.17, 15) is 9.18 Å². The van der Waals surface area contributed by atoms with Gasteiger partial charge in [-0.15, -0.1) is 0 Å². The van der Waals surface area contributed by atoms with Gasteiger partial charge in [-0.05, 0) is 30.2 Å². The zero-order chi connectivity index (χ0) is 11.9. The van der Waals surface area contributed by atoms with Crippen molar-refractivity contribution in [3.8, 4) is 0 Å². The predicted molar refractivity (Wildman–Crippen MR) is 56.3 cm³/mol. The van der Waals surface area contributed by atoms with Crippen LogP contribution in [0.25, 0.3) is 0 Å². The van der Waals surface area contributed by atoms with Crippen molar-refractivity contribution in [3.05, 3.63) is 34.1 Å². The maximum absolute atomic E-state index is 13.4. The van der Waals surface area contributed by atoms with Crippen LogP contribution in [0.1, 0.15) is 11.1 Å². The fourth-order valence-corrected chi connectivity index (χ4v) is 2.11. The van der Waals surface area contributed by atoms with Gasteiger partial charge in [-0.2, -0.15) is 0 Å². The number of hydrogen-bond donors (Lipinski definition) is 1. The molecule has 0 saturated carbocycles. The molecular formula is C11H10ClFO3. The Morgan fingerprint density at radius 3 is 2.62 bits per heavy atom. The minimum absolute atomic E-state index is 0.0323. The lowest BCUT2D eigenvalue weighted by atomic mass is 9.78. The zero-order valence-electron chi connectivity index (χ0n) is 8.59. The van der Waals surface area contributed by atoms with Crippen LogP contribution in [-0.4, -0.2) is 24.3 Å². The van der Waals surface area contributed by atoms with Crippen molar-refractivity contribution in [2.45, 2.75) is 12.3 Å². The van der Waals surface area contributed by atoms with E-state index < -0.39 is 17.2 Å². The van der Waals surface area contributed by atoms with Crippen LogP contribution in [0.3, 0.4) is 0 Å². The Bertz CT molecular complexity index is 455. The number of carboxylic acid groups (broad SMARTS) is 1. The minimum atomic E-state index is -1.19. The Morgan fingerprint density at radius 2 is 2.19 bits per heavy atom. The van der Waals surface area contributed by atoms with Crippen LogP contribution in [0.2, 0.25) is 5.02 Å². The summed E-state index contributed by atoms with van der Waals surface area (Å²) in [5, 5.41) is 9.43. The van der Waals surface area contributed by atoms with E-state index in [0.29, 0.717) is 5.56 Å². The van der Waals surface area contributed by atoms with E-state index in [4.69, 9.17) is 21.4 Å². The quantitative estimate of drug-likeness (QED) is 0.867. The fraction of sp³-hybridized carbons (Fsp3) is 0.364. The molecule has 1 saturated heterocycles. The van der Waals surface area contributed by atoms with Gasteiger partial charge >= 0.3 is 5.97 Å². The lowest BCUT2D eigenvalue weighted by Gasteiger charge is -2.38. The number of hydrogen-bond acceptors (Lipinski definition) is 2. The molecule has 0 bridgehead atoms. The molecule has 0 amide bonds. The molecule has 1 aliphatic rings. The minimum Gasteiger partial charge on any atom is -0.480 e. The SMILES string of the molecule is Cc1cc(Cl)c(C2(C(=O)O)COC2)cc1F. The summed E-state index contributed by atoms with van der Waals surface area (Å²) in [6, 6.07) is 2.63. The number of benzene rings is 1. The first-order chi connectivity index (χ1) is 7.47. The van der Waals surface area contributed by atoms with Gasteiger partial charge in [-0.3, -0.25) is 4.79 Å². The van der Waals surface area contributed by atoms with Gasteiger partial charge in [-0.25, -0.2) is 4.39 Å². The molecule has 0 unspecified atom stereocenters. The molecule has 0 aliphatic carbocycles. The Kier molecular flexibility index (Phi) is 2.64. The first-order valence-electron chi connectivity index (χ1n) is 4.74. The van der Waals surface area contributed by atoms with Crippen LogP contribution < -0.4 is 0 Å². The highest BCUT2D eigenvalue weighted by Gasteiger charge is 2.49. The average Bonchev–Trinajstić information content (AvgIpc) is 2.11. The third kappa shape index (κ3) is 1.49. The Labute approximate surface area is 96.8 Å². The van der Waals surface area contributed by atoms with Crippen LogP contribution >= 0.6 is 11.6 Å². The average molecular weight is 245 g/mol. The highest BCUT2D eigenvalue weighted by molar-refractivity contribution is 6.31. The molecule has 86 valence electrons. The van der Waals surface area contributed by atoms with E-state index in [1.165, 1.54) is 12.1 Å². The Balaban J connectivity index is 2.55. The van der Waals surface area contributed by atoms with Crippen LogP contribution in [0.15, 0.2) is 12.1 Å².